The number of benzene rings is 2. The number of ether oxygens (including phenoxy) is 1. The molecule has 0 unspecified atom stereocenters. The third kappa shape index (κ3) is 4.25. The average molecular weight is 257 g/mol. The Labute approximate surface area is 115 Å². The molecule has 0 fully saturated rings. The van der Waals surface area contributed by atoms with Crippen molar-refractivity contribution < 1.29 is 4.74 Å². The fourth-order valence-corrected chi connectivity index (χ4v) is 2.09. The summed E-state index contributed by atoms with van der Waals surface area (Å²) in [5, 5.41) is 5.86. The summed E-state index contributed by atoms with van der Waals surface area (Å²) in [6, 6.07) is 14.6. The first-order valence-electron chi connectivity index (χ1n) is 7.08. The predicted molar refractivity (Wildman–Crippen MR) is 81.8 cm³/mol. The van der Waals surface area contributed by atoms with Gasteiger partial charge in [-0.05, 0) is 36.9 Å². The van der Waals surface area contributed by atoms with Crippen molar-refractivity contribution in [3.8, 4) is 5.75 Å². The van der Waals surface area contributed by atoms with Gasteiger partial charge in [0.15, 0.2) is 0 Å². The second-order valence-electron chi connectivity index (χ2n) is 5.28. The highest BCUT2D eigenvalue weighted by molar-refractivity contribution is 5.88. The van der Waals surface area contributed by atoms with E-state index in [0.29, 0.717) is 5.92 Å². The fourth-order valence-electron chi connectivity index (χ4n) is 2.09. The van der Waals surface area contributed by atoms with Crippen molar-refractivity contribution in [1.82, 2.24) is 5.32 Å². The monoisotopic (exact) mass is 257 g/mol. The topological polar surface area (TPSA) is 21.3 Å². The summed E-state index contributed by atoms with van der Waals surface area (Å²) in [5.41, 5.74) is 0. The second-order valence-corrected chi connectivity index (χ2v) is 5.28. The van der Waals surface area contributed by atoms with Crippen LogP contribution in [0.1, 0.15) is 20.3 Å². The van der Waals surface area contributed by atoms with Crippen LogP contribution in [0.15, 0.2) is 42.5 Å². The van der Waals surface area contributed by atoms with Crippen molar-refractivity contribution in [2.24, 2.45) is 5.92 Å². The van der Waals surface area contributed by atoms with E-state index in [2.05, 4.69) is 55.6 Å². The molecule has 0 aromatic heterocycles. The lowest BCUT2D eigenvalue weighted by molar-refractivity contribution is 0.310. The molecule has 0 bridgehead atoms. The zero-order valence-electron chi connectivity index (χ0n) is 11.9. The van der Waals surface area contributed by atoms with Crippen LogP contribution in [-0.4, -0.2) is 19.7 Å². The van der Waals surface area contributed by atoms with Gasteiger partial charge < -0.3 is 10.1 Å². The van der Waals surface area contributed by atoms with Crippen molar-refractivity contribution in [1.29, 1.82) is 0 Å². The van der Waals surface area contributed by atoms with E-state index in [1.165, 1.54) is 10.8 Å². The number of nitrogens with one attached hydrogen (secondary N) is 1. The Hall–Kier alpha value is -1.54. The molecular formula is C17H23NO. The summed E-state index contributed by atoms with van der Waals surface area (Å²) in [7, 11) is 0. The van der Waals surface area contributed by atoms with Crippen LogP contribution < -0.4 is 10.1 Å². The van der Waals surface area contributed by atoms with Crippen LogP contribution in [0.4, 0.5) is 0 Å². The third-order valence-electron chi connectivity index (χ3n) is 3.06. The molecule has 2 rings (SSSR count). The molecule has 0 spiro atoms. The zero-order valence-corrected chi connectivity index (χ0v) is 11.9. The van der Waals surface area contributed by atoms with E-state index in [4.69, 9.17) is 4.74 Å². The van der Waals surface area contributed by atoms with E-state index in [1.54, 1.807) is 0 Å². The smallest absolute Gasteiger partial charge is 0.127 e. The lowest BCUT2D eigenvalue weighted by atomic mass is 10.1. The zero-order chi connectivity index (χ0) is 13.5. The van der Waals surface area contributed by atoms with Gasteiger partial charge in [-0.2, -0.15) is 0 Å². The number of hydrogen-bond acceptors (Lipinski definition) is 2. The first-order chi connectivity index (χ1) is 9.27. The van der Waals surface area contributed by atoms with E-state index in [9.17, 15) is 0 Å². The van der Waals surface area contributed by atoms with E-state index in [0.717, 1.165) is 31.9 Å². The van der Waals surface area contributed by atoms with Crippen LogP contribution in [0.2, 0.25) is 0 Å². The van der Waals surface area contributed by atoms with Gasteiger partial charge in [0, 0.05) is 5.39 Å². The Bertz CT molecular complexity index is 502. The highest BCUT2D eigenvalue weighted by Crippen LogP contribution is 2.25. The van der Waals surface area contributed by atoms with Crippen LogP contribution in [0.25, 0.3) is 10.8 Å². The van der Waals surface area contributed by atoms with Crippen LogP contribution >= 0.6 is 0 Å². The number of hydrogen-bond donors (Lipinski definition) is 1. The van der Waals surface area contributed by atoms with Gasteiger partial charge in [0.25, 0.3) is 0 Å². The second kappa shape index (κ2) is 7.15. The molecule has 2 heteroatoms. The van der Waals surface area contributed by atoms with Gasteiger partial charge in [0.1, 0.15) is 5.75 Å². The molecule has 2 aromatic carbocycles. The van der Waals surface area contributed by atoms with Crippen molar-refractivity contribution in [2.75, 3.05) is 19.7 Å². The van der Waals surface area contributed by atoms with E-state index in [-0.39, 0.29) is 0 Å². The lowest BCUT2D eigenvalue weighted by Gasteiger charge is -2.10. The Kier molecular flexibility index (Phi) is 5.22. The normalized spacial score (nSPS) is 11.1. The first kappa shape index (κ1) is 13.9. The van der Waals surface area contributed by atoms with Crippen molar-refractivity contribution in [3.63, 3.8) is 0 Å². The Morgan fingerprint density at radius 1 is 1.05 bits per heavy atom. The molecule has 0 saturated carbocycles. The Morgan fingerprint density at radius 2 is 1.84 bits per heavy atom. The third-order valence-corrected chi connectivity index (χ3v) is 3.06. The van der Waals surface area contributed by atoms with Crippen molar-refractivity contribution >= 4 is 10.8 Å². The molecule has 0 aliphatic rings. The fraction of sp³-hybridized carbons (Fsp3) is 0.412. The molecule has 1 N–H and O–H groups in total. The van der Waals surface area contributed by atoms with Gasteiger partial charge >= 0.3 is 0 Å². The minimum atomic E-state index is 0.707. The number of fused-ring (bicyclic) bond motifs is 1. The standard InChI is InChI=1S/C17H23NO/c1-14(2)13-18-11-6-12-19-17-10-5-8-15-7-3-4-9-16(15)17/h3-5,7-10,14,18H,6,11-13H2,1-2H3. The number of rotatable bonds is 7. The molecule has 0 atom stereocenters. The average Bonchev–Trinajstić information content (AvgIpc) is 2.42. The first-order valence-corrected chi connectivity index (χ1v) is 7.08. The highest BCUT2D eigenvalue weighted by atomic mass is 16.5. The largest absolute Gasteiger partial charge is 0.493 e. The van der Waals surface area contributed by atoms with E-state index >= 15 is 0 Å². The maximum atomic E-state index is 5.89. The molecule has 0 saturated heterocycles. The molecule has 0 aliphatic carbocycles. The SMILES string of the molecule is CC(C)CNCCCOc1cccc2ccccc12. The summed E-state index contributed by atoms with van der Waals surface area (Å²) in [6.45, 7) is 7.30. The maximum absolute atomic E-state index is 5.89. The van der Waals surface area contributed by atoms with Crippen LogP contribution in [-0.2, 0) is 0 Å². The highest BCUT2D eigenvalue weighted by Gasteiger charge is 2.00. The summed E-state index contributed by atoms with van der Waals surface area (Å²) in [5.74, 6) is 1.70. The molecule has 2 nitrogen and oxygen atoms in total. The van der Waals surface area contributed by atoms with E-state index < -0.39 is 0 Å². The summed E-state index contributed by atoms with van der Waals surface area (Å²) in [6.07, 6.45) is 1.04. The van der Waals surface area contributed by atoms with Gasteiger partial charge in [-0.25, -0.2) is 0 Å². The maximum Gasteiger partial charge on any atom is 0.127 e. The molecule has 0 aliphatic heterocycles. The Balaban J connectivity index is 1.82. The molecule has 2 aromatic rings. The molecule has 0 radical (unpaired) electrons. The van der Waals surface area contributed by atoms with Gasteiger partial charge in [-0.15, -0.1) is 0 Å². The van der Waals surface area contributed by atoms with Crippen molar-refractivity contribution in [3.05, 3.63) is 42.5 Å². The summed E-state index contributed by atoms with van der Waals surface area (Å²) >= 11 is 0. The minimum absolute atomic E-state index is 0.707. The summed E-state index contributed by atoms with van der Waals surface area (Å²) in [4.78, 5) is 0. The quantitative estimate of drug-likeness (QED) is 0.761. The molecular weight excluding hydrogens is 234 g/mol. The predicted octanol–water partition coefficient (Wildman–Crippen LogP) is 3.85. The van der Waals surface area contributed by atoms with Crippen LogP contribution in [0.3, 0.4) is 0 Å². The molecule has 102 valence electrons. The van der Waals surface area contributed by atoms with Crippen LogP contribution in [0.5, 0.6) is 5.75 Å². The molecule has 19 heavy (non-hydrogen) atoms. The van der Waals surface area contributed by atoms with E-state index in [1.807, 2.05) is 6.07 Å². The van der Waals surface area contributed by atoms with Gasteiger partial charge in [-0.3, -0.25) is 0 Å². The van der Waals surface area contributed by atoms with Crippen LogP contribution in [0, 0.1) is 5.92 Å². The molecule has 0 amide bonds. The minimum Gasteiger partial charge on any atom is -0.493 e. The summed E-state index contributed by atoms with van der Waals surface area (Å²) < 4.78 is 5.89. The molecule has 0 heterocycles. The van der Waals surface area contributed by atoms with Gasteiger partial charge in [-0.1, -0.05) is 50.2 Å². The lowest BCUT2D eigenvalue weighted by Crippen LogP contribution is -2.22. The van der Waals surface area contributed by atoms with Crippen molar-refractivity contribution in [2.45, 2.75) is 20.3 Å². The Morgan fingerprint density at radius 3 is 2.68 bits per heavy atom. The van der Waals surface area contributed by atoms with Gasteiger partial charge in [0.05, 0.1) is 6.61 Å². The van der Waals surface area contributed by atoms with Gasteiger partial charge in [0.2, 0.25) is 0 Å².